The van der Waals surface area contributed by atoms with Crippen molar-refractivity contribution in [1.82, 2.24) is 14.7 Å². The van der Waals surface area contributed by atoms with E-state index in [9.17, 15) is 23.4 Å². The number of rotatable bonds is 4. The van der Waals surface area contributed by atoms with Crippen LogP contribution in [-0.2, 0) is 23.3 Å². The molecule has 2 N–H and O–H groups in total. The highest BCUT2D eigenvalue weighted by Crippen LogP contribution is 2.46. The summed E-state index contributed by atoms with van der Waals surface area (Å²) in [6, 6.07) is -0.168. The first kappa shape index (κ1) is 16.4. The van der Waals surface area contributed by atoms with Gasteiger partial charge in [-0.15, -0.1) is 0 Å². The highest BCUT2D eigenvalue weighted by Gasteiger charge is 2.54. The van der Waals surface area contributed by atoms with Crippen molar-refractivity contribution in [3.63, 3.8) is 0 Å². The molecule has 1 fully saturated rings. The Morgan fingerprint density at radius 2 is 2.04 bits per heavy atom. The Kier molecular flexibility index (Phi) is 3.58. The van der Waals surface area contributed by atoms with Crippen molar-refractivity contribution in [2.75, 3.05) is 12.8 Å². The van der Waals surface area contributed by atoms with Crippen LogP contribution in [0, 0.1) is 0 Å². The lowest BCUT2D eigenvalue weighted by atomic mass is 9.96. The molecule has 0 spiro atoms. The number of aromatic nitrogens is 2. The third-order valence-electron chi connectivity index (χ3n) is 5.09. The van der Waals surface area contributed by atoms with E-state index in [1.54, 1.807) is 11.9 Å². The van der Waals surface area contributed by atoms with E-state index >= 15 is 0 Å². The van der Waals surface area contributed by atoms with E-state index in [0.717, 1.165) is 0 Å². The van der Waals surface area contributed by atoms with Crippen LogP contribution in [0.15, 0.2) is 0 Å². The molecule has 3 rings (SSSR count). The normalized spacial score (nSPS) is 26.8. The van der Waals surface area contributed by atoms with Crippen LogP contribution in [-0.4, -0.2) is 62.9 Å². The summed E-state index contributed by atoms with van der Waals surface area (Å²) in [5, 5.41) is 23.9. The molecule has 128 valence electrons. The van der Waals surface area contributed by atoms with Crippen LogP contribution in [0.4, 0.5) is 0 Å². The largest absolute Gasteiger partial charge is 0.476 e. The standard InChI is InChI=1S/C14H21N3O5S/c1-8-6-9-10(13(19)20)15-16(2)11(9)12(18)17(8)7-14(4-5-14)23(3,21)22/h8,12,18H,4-7H2,1-3H3,(H,19,20). The maximum absolute atomic E-state index is 12.0. The predicted molar refractivity (Wildman–Crippen MR) is 81.8 cm³/mol. The Morgan fingerprint density at radius 1 is 1.43 bits per heavy atom. The summed E-state index contributed by atoms with van der Waals surface area (Å²) in [7, 11) is -1.61. The fourth-order valence-corrected chi connectivity index (χ4v) is 4.68. The summed E-state index contributed by atoms with van der Waals surface area (Å²) in [5.74, 6) is -1.12. The van der Waals surface area contributed by atoms with Crippen molar-refractivity contribution in [3.05, 3.63) is 17.0 Å². The average molecular weight is 343 g/mol. The van der Waals surface area contributed by atoms with Crippen LogP contribution >= 0.6 is 0 Å². The smallest absolute Gasteiger partial charge is 0.356 e. The molecule has 0 amide bonds. The molecule has 8 nitrogen and oxygen atoms in total. The van der Waals surface area contributed by atoms with Gasteiger partial charge in [0.2, 0.25) is 0 Å². The molecule has 1 aromatic rings. The summed E-state index contributed by atoms with van der Waals surface area (Å²) in [6.45, 7) is 2.12. The topological polar surface area (TPSA) is 113 Å². The molecule has 9 heteroatoms. The van der Waals surface area contributed by atoms with Crippen LogP contribution in [0.3, 0.4) is 0 Å². The minimum absolute atomic E-state index is 0.0442. The monoisotopic (exact) mass is 343 g/mol. The average Bonchev–Trinajstić information content (AvgIpc) is 3.13. The van der Waals surface area contributed by atoms with Gasteiger partial charge in [0.15, 0.2) is 21.8 Å². The lowest BCUT2D eigenvalue weighted by Gasteiger charge is -2.39. The molecule has 2 atom stereocenters. The zero-order valence-corrected chi connectivity index (χ0v) is 14.2. The van der Waals surface area contributed by atoms with Gasteiger partial charge in [0.05, 0.1) is 10.4 Å². The number of carboxylic acids is 1. The fraction of sp³-hybridized carbons (Fsp3) is 0.714. The van der Waals surface area contributed by atoms with E-state index in [0.29, 0.717) is 30.5 Å². The third kappa shape index (κ3) is 2.47. The number of aromatic carboxylic acids is 1. The molecule has 1 aromatic heterocycles. The van der Waals surface area contributed by atoms with E-state index in [4.69, 9.17) is 0 Å². The summed E-state index contributed by atoms with van der Waals surface area (Å²) < 4.78 is 24.6. The second-order valence-electron chi connectivity index (χ2n) is 6.70. The first-order valence-electron chi connectivity index (χ1n) is 7.50. The molecule has 0 aromatic carbocycles. The highest BCUT2D eigenvalue weighted by molar-refractivity contribution is 7.92. The molecular formula is C14H21N3O5S. The summed E-state index contributed by atoms with van der Waals surface area (Å²) >= 11 is 0. The molecule has 1 saturated carbocycles. The number of sulfone groups is 1. The van der Waals surface area contributed by atoms with Crippen molar-refractivity contribution in [2.45, 2.75) is 43.2 Å². The third-order valence-corrected chi connectivity index (χ3v) is 7.20. The first-order valence-corrected chi connectivity index (χ1v) is 9.39. The van der Waals surface area contributed by atoms with Gasteiger partial charge in [-0.25, -0.2) is 13.2 Å². The number of hydrogen-bond acceptors (Lipinski definition) is 6. The van der Waals surface area contributed by atoms with Crippen molar-refractivity contribution >= 4 is 15.8 Å². The first-order chi connectivity index (χ1) is 10.6. The Morgan fingerprint density at radius 3 is 2.52 bits per heavy atom. The molecule has 0 bridgehead atoms. The van der Waals surface area contributed by atoms with Gasteiger partial charge in [-0.2, -0.15) is 5.10 Å². The lowest BCUT2D eigenvalue weighted by molar-refractivity contribution is -0.0394. The Balaban J connectivity index is 1.96. The lowest BCUT2D eigenvalue weighted by Crippen LogP contribution is -2.48. The minimum atomic E-state index is -3.20. The number of aliphatic hydroxyl groups excluding tert-OH is 1. The Labute approximate surface area is 134 Å². The second kappa shape index (κ2) is 5.02. The van der Waals surface area contributed by atoms with E-state index in [1.165, 1.54) is 10.9 Å². The molecule has 0 radical (unpaired) electrons. The highest BCUT2D eigenvalue weighted by atomic mass is 32.2. The number of aliphatic hydroxyl groups is 1. The van der Waals surface area contributed by atoms with Crippen LogP contribution in [0.5, 0.6) is 0 Å². The number of nitrogens with zero attached hydrogens (tertiary/aromatic N) is 3. The minimum Gasteiger partial charge on any atom is -0.476 e. The van der Waals surface area contributed by atoms with Crippen LogP contribution < -0.4 is 0 Å². The van der Waals surface area contributed by atoms with E-state index in [1.807, 2.05) is 6.92 Å². The molecular weight excluding hydrogens is 322 g/mol. The van der Waals surface area contributed by atoms with Gasteiger partial charge in [-0.1, -0.05) is 0 Å². The summed E-state index contributed by atoms with van der Waals surface area (Å²) in [4.78, 5) is 13.0. The summed E-state index contributed by atoms with van der Waals surface area (Å²) in [6.07, 6.45) is 1.79. The molecule has 1 aliphatic carbocycles. The van der Waals surface area contributed by atoms with E-state index in [-0.39, 0.29) is 18.3 Å². The maximum atomic E-state index is 12.0. The zero-order valence-electron chi connectivity index (χ0n) is 13.4. The molecule has 0 saturated heterocycles. The van der Waals surface area contributed by atoms with Gasteiger partial charge >= 0.3 is 5.97 Å². The molecule has 1 aliphatic heterocycles. The number of aryl methyl sites for hydroxylation is 1. The predicted octanol–water partition coefficient (Wildman–Crippen LogP) is -0.0670. The van der Waals surface area contributed by atoms with Gasteiger partial charge in [0.25, 0.3) is 0 Å². The van der Waals surface area contributed by atoms with Crippen LogP contribution in [0.25, 0.3) is 0 Å². The van der Waals surface area contributed by atoms with Crippen molar-refractivity contribution in [2.24, 2.45) is 7.05 Å². The van der Waals surface area contributed by atoms with Gasteiger partial charge in [-0.3, -0.25) is 9.58 Å². The van der Waals surface area contributed by atoms with Crippen molar-refractivity contribution in [3.8, 4) is 0 Å². The van der Waals surface area contributed by atoms with Crippen molar-refractivity contribution < 1.29 is 23.4 Å². The molecule has 23 heavy (non-hydrogen) atoms. The van der Waals surface area contributed by atoms with Crippen LogP contribution in [0.2, 0.25) is 0 Å². The Bertz CT molecular complexity index is 766. The molecule has 2 unspecified atom stereocenters. The van der Waals surface area contributed by atoms with E-state index < -0.39 is 26.8 Å². The number of carbonyl (C=O) groups is 1. The Hall–Kier alpha value is -1.45. The number of carboxylic acid groups (broad SMARTS) is 1. The van der Waals surface area contributed by atoms with Gasteiger partial charge < -0.3 is 10.2 Å². The second-order valence-corrected chi connectivity index (χ2v) is 9.11. The van der Waals surface area contributed by atoms with Crippen LogP contribution in [0.1, 0.15) is 47.7 Å². The maximum Gasteiger partial charge on any atom is 0.356 e. The SMILES string of the molecule is CC1Cc2c(C(=O)O)nn(C)c2C(O)N1CC1(S(C)(=O)=O)CC1. The quantitative estimate of drug-likeness (QED) is 0.787. The van der Waals surface area contributed by atoms with Crippen molar-refractivity contribution in [1.29, 1.82) is 0 Å². The van der Waals surface area contributed by atoms with Gasteiger partial charge in [0.1, 0.15) is 0 Å². The van der Waals surface area contributed by atoms with Gasteiger partial charge in [-0.05, 0) is 26.2 Å². The van der Waals surface area contributed by atoms with Gasteiger partial charge in [0, 0.05) is 31.5 Å². The fourth-order valence-electron chi connectivity index (χ4n) is 3.45. The molecule has 2 heterocycles. The summed E-state index contributed by atoms with van der Waals surface area (Å²) in [5.41, 5.74) is 0.919. The molecule has 2 aliphatic rings. The number of fused-ring (bicyclic) bond motifs is 1. The number of hydrogen-bond donors (Lipinski definition) is 2. The zero-order chi connectivity index (χ0) is 17.2. The van der Waals surface area contributed by atoms with E-state index in [2.05, 4.69) is 5.10 Å².